The van der Waals surface area contributed by atoms with Crippen LogP contribution in [0.1, 0.15) is 16.1 Å². The van der Waals surface area contributed by atoms with Crippen LogP contribution in [0.5, 0.6) is 0 Å². The number of amides is 1. The van der Waals surface area contributed by atoms with Crippen molar-refractivity contribution in [3.8, 4) is 0 Å². The first kappa shape index (κ1) is 15.6. The minimum absolute atomic E-state index is 0.0216. The van der Waals surface area contributed by atoms with Crippen molar-refractivity contribution in [3.63, 3.8) is 0 Å². The van der Waals surface area contributed by atoms with Gasteiger partial charge in [-0.05, 0) is 19.1 Å². The van der Waals surface area contributed by atoms with E-state index in [4.69, 9.17) is 0 Å². The number of alkyl halides is 3. The van der Waals surface area contributed by atoms with Gasteiger partial charge in [0, 0.05) is 23.6 Å². The SMILES string of the molecule is Cc1cc(C(=O)NCCS)cc(NCC(F)(F)F)n1. The zero-order valence-electron chi connectivity index (χ0n) is 10.2. The van der Waals surface area contributed by atoms with Crippen LogP contribution in [0, 0.1) is 6.92 Å². The molecule has 1 aromatic heterocycles. The van der Waals surface area contributed by atoms with Crippen molar-refractivity contribution in [2.45, 2.75) is 13.1 Å². The Morgan fingerprint density at radius 2 is 2.11 bits per heavy atom. The van der Waals surface area contributed by atoms with E-state index in [0.717, 1.165) is 0 Å². The average Bonchev–Trinajstić information content (AvgIpc) is 2.32. The first-order valence-corrected chi connectivity index (χ1v) is 6.13. The highest BCUT2D eigenvalue weighted by atomic mass is 32.1. The standard InChI is InChI=1S/C11H14F3N3OS/c1-7-4-8(10(18)15-2-3-19)5-9(17-7)16-6-11(12,13)14/h4-5,19H,2-3,6H2,1H3,(H,15,18)(H,16,17). The predicted octanol–water partition coefficient (Wildman–Crippen LogP) is 2.02. The molecule has 0 aromatic carbocycles. The van der Waals surface area contributed by atoms with E-state index >= 15 is 0 Å². The molecule has 0 atom stereocenters. The van der Waals surface area contributed by atoms with Crippen LogP contribution in [-0.4, -0.2) is 35.9 Å². The van der Waals surface area contributed by atoms with Crippen LogP contribution in [-0.2, 0) is 0 Å². The van der Waals surface area contributed by atoms with Gasteiger partial charge in [-0.2, -0.15) is 25.8 Å². The molecular formula is C11H14F3N3OS. The van der Waals surface area contributed by atoms with E-state index in [1.807, 2.05) is 0 Å². The lowest BCUT2D eigenvalue weighted by Crippen LogP contribution is -2.26. The minimum Gasteiger partial charge on any atom is -0.361 e. The number of rotatable bonds is 5. The highest BCUT2D eigenvalue weighted by Crippen LogP contribution is 2.16. The van der Waals surface area contributed by atoms with Gasteiger partial charge in [0.05, 0.1) is 0 Å². The smallest absolute Gasteiger partial charge is 0.361 e. The summed E-state index contributed by atoms with van der Waals surface area (Å²) in [6, 6.07) is 2.79. The quantitative estimate of drug-likeness (QED) is 0.728. The highest BCUT2D eigenvalue weighted by Gasteiger charge is 2.26. The summed E-state index contributed by atoms with van der Waals surface area (Å²) in [6.07, 6.45) is -4.33. The van der Waals surface area contributed by atoms with E-state index in [1.165, 1.54) is 12.1 Å². The van der Waals surface area contributed by atoms with Crippen molar-refractivity contribution >= 4 is 24.4 Å². The van der Waals surface area contributed by atoms with Gasteiger partial charge in [-0.3, -0.25) is 4.79 Å². The topological polar surface area (TPSA) is 54.0 Å². The summed E-state index contributed by atoms with van der Waals surface area (Å²) in [5.41, 5.74) is 0.724. The number of aromatic nitrogens is 1. The Kier molecular flexibility index (Phi) is 5.46. The first-order chi connectivity index (χ1) is 8.81. The van der Waals surface area contributed by atoms with Gasteiger partial charge in [-0.15, -0.1) is 0 Å². The van der Waals surface area contributed by atoms with Crippen molar-refractivity contribution in [1.82, 2.24) is 10.3 Å². The molecule has 0 radical (unpaired) electrons. The van der Waals surface area contributed by atoms with Gasteiger partial charge in [-0.1, -0.05) is 0 Å². The summed E-state index contributed by atoms with van der Waals surface area (Å²) in [4.78, 5) is 15.6. The first-order valence-electron chi connectivity index (χ1n) is 5.50. The van der Waals surface area contributed by atoms with E-state index in [-0.39, 0.29) is 17.3 Å². The molecule has 0 unspecified atom stereocenters. The normalized spacial score (nSPS) is 11.2. The summed E-state index contributed by atoms with van der Waals surface area (Å²) in [5.74, 6) is 0.137. The number of hydrogen-bond acceptors (Lipinski definition) is 4. The number of halogens is 3. The van der Waals surface area contributed by atoms with E-state index in [2.05, 4.69) is 28.2 Å². The fourth-order valence-electron chi connectivity index (χ4n) is 1.35. The second-order valence-electron chi connectivity index (χ2n) is 3.83. The molecule has 1 rings (SSSR count). The largest absolute Gasteiger partial charge is 0.405 e. The van der Waals surface area contributed by atoms with Gasteiger partial charge in [0.15, 0.2) is 0 Å². The molecule has 0 saturated carbocycles. The average molecular weight is 293 g/mol. The number of aryl methyl sites for hydroxylation is 1. The lowest BCUT2D eigenvalue weighted by molar-refractivity contribution is -0.115. The van der Waals surface area contributed by atoms with Crippen molar-refractivity contribution in [2.24, 2.45) is 0 Å². The number of pyridine rings is 1. The fourth-order valence-corrected chi connectivity index (χ4v) is 1.46. The Morgan fingerprint density at radius 3 is 2.68 bits per heavy atom. The third-order valence-electron chi connectivity index (χ3n) is 2.08. The van der Waals surface area contributed by atoms with Crippen molar-refractivity contribution < 1.29 is 18.0 Å². The van der Waals surface area contributed by atoms with Crippen LogP contribution in [0.4, 0.5) is 19.0 Å². The molecule has 19 heavy (non-hydrogen) atoms. The number of thiol groups is 1. The molecule has 0 aliphatic rings. The lowest BCUT2D eigenvalue weighted by atomic mass is 10.2. The van der Waals surface area contributed by atoms with E-state index < -0.39 is 12.7 Å². The zero-order chi connectivity index (χ0) is 14.5. The monoisotopic (exact) mass is 293 g/mol. The van der Waals surface area contributed by atoms with Gasteiger partial charge in [-0.25, -0.2) is 4.98 Å². The van der Waals surface area contributed by atoms with E-state index in [0.29, 0.717) is 18.0 Å². The highest BCUT2D eigenvalue weighted by molar-refractivity contribution is 7.80. The molecule has 1 amide bonds. The third kappa shape index (κ3) is 5.82. The number of carbonyl (C=O) groups excluding carboxylic acids is 1. The molecule has 0 aliphatic carbocycles. The molecule has 8 heteroatoms. The van der Waals surface area contributed by atoms with Gasteiger partial charge in [0.1, 0.15) is 12.4 Å². The van der Waals surface area contributed by atoms with Crippen LogP contribution < -0.4 is 10.6 Å². The summed E-state index contributed by atoms with van der Waals surface area (Å²) in [7, 11) is 0. The Hall–Kier alpha value is -1.44. The molecule has 1 aromatic rings. The molecule has 0 aliphatic heterocycles. The van der Waals surface area contributed by atoms with Gasteiger partial charge in [0.2, 0.25) is 0 Å². The molecule has 1 heterocycles. The number of nitrogens with zero attached hydrogens (tertiary/aromatic N) is 1. The van der Waals surface area contributed by atoms with Crippen LogP contribution in [0.2, 0.25) is 0 Å². The molecular weight excluding hydrogens is 279 g/mol. The predicted molar refractivity (Wildman–Crippen MR) is 69.7 cm³/mol. The minimum atomic E-state index is -4.33. The molecule has 2 N–H and O–H groups in total. The number of hydrogen-bond donors (Lipinski definition) is 3. The molecule has 4 nitrogen and oxygen atoms in total. The summed E-state index contributed by atoms with van der Waals surface area (Å²) >= 11 is 3.95. The molecule has 0 fully saturated rings. The maximum absolute atomic E-state index is 12.1. The Morgan fingerprint density at radius 1 is 1.42 bits per heavy atom. The lowest BCUT2D eigenvalue weighted by Gasteiger charge is -2.11. The second-order valence-corrected chi connectivity index (χ2v) is 4.28. The van der Waals surface area contributed by atoms with Gasteiger partial charge >= 0.3 is 6.18 Å². The summed E-state index contributed by atoms with van der Waals surface area (Å²) in [5, 5.41) is 4.73. The molecule has 106 valence electrons. The van der Waals surface area contributed by atoms with Crippen LogP contribution >= 0.6 is 12.6 Å². The van der Waals surface area contributed by atoms with Gasteiger partial charge in [0.25, 0.3) is 5.91 Å². The maximum Gasteiger partial charge on any atom is 0.405 e. The van der Waals surface area contributed by atoms with Gasteiger partial charge < -0.3 is 10.6 Å². The Balaban J connectivity index is 2.79. The van der Waals surface area contributed by atoms with Crippen molar-refractivity contribution in [2.75, 3.05) is 24.2 Å². The second kappa shape index (κ2) is 6.65. The summed E-state index contributed by atoms with van der Waals surface area (Å²) in [6.45, 7) is 0.796. The molecule has 0 spiro atoms. The molecule has 0 saturated heterocycles. The third-order valence-corrected chi connectivity index (χ3v) is 2.31. The zero-order valence-corrected chi connectivity index (χ0v) is 11.1. The van der Waals surface area contributed by atoms with E-state index in [1.54, 1.807) is 6.92 Å². The van der Waals surface area contributed by atoms with Crippen LogP contribution in [0.25, 0.3) is 0 Å². The summed E-state index contributed by atoms with van der Waals surface area (Å²) < 4.78 is 36.3. The maximum atomic E-state index is 12.1. The van der Waals surface area contributed by atoms with Crippen LogP contribution in [0.15, 0.2) is 12.1 Å². The van der Waals surface area contributed by atoms with Crippen LogP contribution in [0.3, 0.4) is 0 Å². The molecule has 0 bridgehead atoms. The Labute approximate surface area is 114 Å². The Bertz CT molecular complexity index is 451. The number of carbonyl (C=O) groups is 1. The van der Waals surface area contributed by atoms with Crippen molar-refractivity contribution in [3.05, 3.63) is 23.4 Å². The van der Waals surface area contributed by atoms with Crippen molar-refractivity contribution in [1.29, 1.82) is 0 Å². The van der Waals surface area contributed by atoms with E-state index in [9.17, 15) is 18.0 Å². The fraction of sp³-hybridized carbons (Fsp3) is 0.455. The number of nitrogens with one attached hydrogen (secondary N) is 2. The number of anilines is 1.